The van der Waals surface area contributed by atoms with Gasteiger partial charge in [0.1, 0.15) is 5.82 Å². The Morgan fingerprint density at radius 1 is 1.23 bits per heavy atom. The Morgan fingerprint density at radius 2 is 1.69 bits per heavy atom. The molecule has 0 N–H and O–H groups in total. The topological polar surface area (TPSA) is 30.7 Å². The summed E-state index contributed by atoms with van der Waals surface area (Å²) in [7, 11) is 1.41. The molecule has 0 saturated carbocycles. The van der Waals surface area contributed by atoms with Crippen LogP contribution in [0.25, 0.3) is 0 Å². The molecule has 0 amide bonds. The molecule has 0 aliphatic heterocycles. The summed E-state index contributed by atoms with van der Waals surface area (Å²) in [6.07, 6.45) is -4.44. The van der Waals surface area contributed by atoms with Crippen molar-refractivity contribution >= 4 is 0 Å². The average Bonchev–Trinajstić information content (AvgIpc) is 2.35. The molecule has 3 nitrogen and oxygen atoms in total. The number of halogens is 3. The van der Waals surface area contributed by atoms with E-state index in [1.54, 1.807) is 0 Å². The first-order valence-corrected chi connectivity index (χ1v) is 3.86. The van der Waals surface area contributed by atoms with Gasteiger partial charge in [0.05, 0.1) is 0 Å². The average molecular weight is 195 g/mol. The zero-order valence-corrected chi connectivity index (χ0v) is 7.98. The second kappa shape index (κ2) is 4.25. The summed E-state index contributed by atoms with van der Waals surface area (Å²) < 4.78 is 36.6. The summed E-state index contributed by atoms with van der Waals surface area (Å²) in [5, 5.41) is 3.16. The third kappa shape index (κ3) is 3.04. The van der Waals surface area contributed by atoms with Gasteiger partial charge in [0, 0.05) is 7.05 Å². The van der Waals surface area contributed by atoms with Crippen LogP contribution >= 0.6 is 0 Å². The summed E-state index contributed by atoms with van der Waals surface area (Å²) in [6.45, 7) is 5.46. The Balaban J connectivity index is 0.000000671. The van der Waals surface area contributed by atoms with Crippen LogP contribution in [0.2, 0.25) is 0 Å². The van der Waals surface area contributed by atoms with Crippen molar-refractivity contribution in [2.24, 2.45) is 7.05 Å². The highest BCUT2D eigenvalue weighted by Crippen LogP contribution is 2.25. The van der Waals surface area contributed by atoms with Crippen LogP contribution in [0.15, 0.2) is 0 Å². The minimum absolute atomic E-state index is 0.248. The first kappa shape index (κ1) is 11.9. The van der Waals surface area contributed by atoms with Gasteiger partial charge in [0.25, 0.3) is 5.82 Å². The molecule has 0 saturated heterocycles. The van der Waals surface area contributed by atoms with Crippen LogP contribution in [-0.2, 0) is 13.2 Å². The standard InChI is InChI=1S/C5H6F3N3.C2H6/c1-3-9-4(5(6,7)8)10-11(3)2;1-2/h1-2H3;1-2H3. The van der Waals surface area contributed by atoms with Gasteiger partial charge in [-0.25, -0.2) is 4.98 Å². The van der Waals surface area contributed by atoms with E-state index in [-0.39, 0.29) is 5.82 Å². The molecule has 76 valence electrons. The quantitative estimate of drug-likeness (QED) is 0.635. The maximum atomic E-state index is 11.8. The van der Waals surface area contributed by atoms with E-state index in [1.165, 1.54) is 14.0 Å². The smallest absolute Gasteiger partial charge is 0.253 e. The van der Waals surface area contributed by atoms with Gasteiger partial charge in [-0.15, -0.1) is 5.10 Å². The summed E-state index contributed by atoms with van der Waals surface area (Å²) >= 11 is 0. The normalized spacial score (nSPS) is 10.7. The van der Waals surface area contributed by atoms with Crippen molar-refractivity contribution in [2.75, 3.05) is 0 Å². The van der Waals surface area contributed by atoms with Crippen LogP contribution in [0.3, 0.4) is 0 Å². The van der Waals surface area contributed by atoms with Crippen molar-refractivity contribution in [1.29, 1.82) is 0 Å². The van der Waals surface area contributed by atoms with Gasteiger partial charge < -0.3 is 0 Å². The molecule has 6 heteroatoms. The van der Waals surface area contributed by atoms with E-state index in [2.05, 4.69) is 10.1 Å². The number of rotatable bonds is 0. The molecule has 0 aliphatic rings. The largest absolute Gasteiger partial charge is 0.453 e. The van der Waals surface area contributed by atoms with Gasteiger partial charge in [0.2, 0.25) is 0 Å². The molecule has 0 unspecified atom stereocenters. The fraction of sp³-hybridized carbons (Fsp3) is 0.714. The molecule has 1 rings (SSSR count). The number of hydrogen-bond donors (Lipinski definition) is 0. The van der Waals surface area contributed by atoms with Crippen molar-refractivity contribution in [3.8, 4) is 0 Å². The molecule has 1 aromatic rings. The lowest BCUT2D eigenvalue weighted by molar-refractivity contribution is -0.145. The van der Waals surface area contributed by atoms with E-state index in [1.807, 2.05) is 13.8 Å². The second-order valence-electron chi connectivity index (χ2n) is 2.10. The summed E-state index contributed by atoms with van der Waals surface area (Å²) in [4.78, 5) is 3.21. The van der Waals surface area contributed by atoms with Crippen molar-refractivity contribution in [3.05, 3.63) is 11.6 Å². The third-order valence-electron chi connectivity index (χ3n) is 1.23. The van der Waals surface area contributed by atoms with Crippen molar-refractivity contribution in [2.45, 2.75) is 26.9 Å². The van der Waals surface area contributed by atoms with Crippen LogP contribution < -0.4 is 0 Å². The molecule has 13 heavy (non-hydrogen) atoms. The monoisotopic (exact) mass is 195 g/mol. The SMILES string of the molecule is CC.Cc1nc(C(F)(F)F)nn1C. The molecule has 0 bridgehead atoms. The molecule has 0 aliphatic carbocycles. The number of nitrogens with zero attached hydrogens (tertiary/aromatic N) is 3. The van der Waals surface area contributed by atoms with E-state index in [0.29, 0.717) is 0 Å². The first-order valence-electron chi connectivity index (χ1n) is 3.86. The molecule has 0 spiro atoms. The Hall–Kier alpha value is -1.07. The Morgan fingerprint density at radius 3 is 1.85 bits per heavy atom. The predicted octanol–water partition coefficient (Wildman–Crippen LogP) is 2.17. The van der Waals surface area contributed by atoms with Gasteiger partial charge in [-0.3, -0.25) is 4.68 Å². The fourth-order valence-electron chi connectivity index (χ4n) is 0.583. The van der Waals surface area contributed by atoms with Gasteiger partial charge in [-0.05, 0) is 6.92 Å². The van der Waals surface area contributed by atoms with Crippen molar-refractivity contribution in [3.63, 3.8) is 0 Å². The molecule has 0 fully saturated rings. The zero-order chi connectivity index (χ0) is 10.6. The third-order valence-corrected chi connectivity index (χ3v) is 1.23. The van der Waals surface area contributed by atoms with E-state index in [0.717, 1.165) is 4.68 Å². The van der Waals surface area contributed by atoms with E-state index in [9.17, 15) is 13.2 Å². The molecular weight excluding hydrogens is 183 g/mol. The number of alkyl halides is 3. The summed E-state index contributed by atoms with van der Waals surface area (Å²) in [5.74, 6) is -0.838. The van der Waals surface area contributed by atoms with E-state index < -0.39 is 12.0 Å². The maximum Gasteiger partial charge on any atom is 0.453 e. The fourth-order valence-corrected chi connectivity index (χ4v) is 0.583. The molecule has 0 radical (unpaired) electrons. The minimum Gasteiger partial charge on any atom is -0.253 e. The highest BCUT2D eigenvalue weighted by atomic mass is 19.4. The molecule has 0 aromatic carbocycles. The van der Waals surface area contributed by atoms with E-state index >= 15 is 0 Å². The van der Waals surface area contributed by atoms with Crippen molar-refractivity contribution < 1.29 is 13.2 Å². The number of hydrogen-bond acceptors (Lipinski definition) is 2. The molecule has 1 aromatic heterocycles. The second-order valence-corrected chi connectivity index (χ2v) is 2.10. The summed E-state index contributed by atoms with van der Waals surface area (Å²) in [6, 6.07) is 0. The van der Waals surface area contributed by atoms with Crippen LogP contribution in [-0.4, -0.2) is 14.8 Å². The molecule has 0 atom stereocenters. The molecular formula is C7H12F3N3. The zero-order valence-electron chi connectivity index (χ0n) is 7.98. The van der Waals surface area contributed by atoms with Gasteiger partial charge in [-0.1, -0.05) is 13.8 Å². The van der Waals surface area contributed by atoms with Crippen LogP contribution in [0.5, 0.6) is 0 Å². The van der Waals surface area contributed by atoms with Crippen LogP contribution in [0, 0.1) is 6.92 Å². The van der Waals surface area contributed by atoms with Gasteiger partial charge in [-0.2, -0.15) is 13.2 Å². The van der Waals surface area contributed by atoms with Gasteiger partial charge >= 0.3 is 6.18 Å². The summed E-state index contributed by atoms with van der Waals surface area (Å²) in [5.41, 5.74) is 0. The van der Waals surface area contributed by atoms with Gasteiger partial charge in [0.15, 0.2) is 0 Å². The number of aryl methyl sites for hydroxylation is 2. The minimum atomic E-state index is -4.44. The highest BCUT2D eigenvalue weighted by Gasteiger charge is 2.36. The Bertz CT molecular complexity index is 245. The maximum absolute atomic E-state index is 11.8. The number of aromatic nitrogens is 3. The lowest BCUT2D eigenvalue weighted by Gasteiger charge is -1.97. The van der Waals surface area contributed by atoms with Crippen molar-refractivity contribution in [1.82, 2.24) is 14.8 Å². The molecule has 1 heterocycles. The Kier molecular flexibility index (Phi) is 3.90. The lowest BCUT2D eigenvalue weighted by atomic mass is 10.6. The van der Waals surface area contributed by atoms with E-state index in [4.69, 9.17) is 0 Å². The van der Waals surface area contributed by atoms with Crippen LogP contribution in [0.1, 0.15) is 25.5 Å². The highest BCUT2D eigenvalue weighted by molar-refractivity contribution is 4.93. The van der Waals surface area contributed by atoms with Crippen LogP contribution in [0.4, 0.5) is 13.2 Å². The lowest BCUT2D eigenvalue weighted by Crippen LogP contribution is -2.08. The Labute approximate surface area is 74.6 Å². The first-order chi connectivity index (χ1) is 5.91. The predicted molar refractivity (Wildman–Crippen MR) is 42.1 cm³/mol.